The predicted octanol–water partition coefficient (Wildman–Crippen LogP) is 1.47. The number of anilines is 1. The van der Waals surface area contributed by atoms with E-state index in [1.54, 1.807) is 12.4 Å². The molecule has 0 spiro atoms. The number of aryl methyl sites for hydroxylation is 1. The van der Waals surface area contributed by atoms with Gasteiger partial charge in [-0.25, -0.2) is 0 Å². The van der Waals surface area contributed by atoms with E-state index in [4.69, 9.17) is 0 Å². The van der Waals surface area contributed by atoms with Gasteiger partial charge in [0.25, 0.3) is 0 Å². The number of aromatic nitrogens is 1. The van der Waals surface area contributed by atoms with Crippen molar-refractivity contribution in [2.45, 2.75) is 32.2 Å². The van der Waals surface area contributed by atoms with Gasteiger partial charge in [-0.3, -0.25) is 9.78 Å². The maximum absolute atomic E-state index is 11.9. The summed E-state index contributed by atoms with van der Waals surface area (Å²) in [7, 11) is 0. The lowest BCUT2D eigenvalue weighted by Gasteiger charge is -2.22. The van der Waals surface area contributed by atoms with E-state index < -0.39 is 0 Å². The molecule has 2 heterocycles. The number of piperidine rings is 1. The molecule has 1 aliphatic rings. The van der Waals surface area contributed by atoms with Gasteiger partial charge >= 0.3 is 0 Å². The Morgan fingerprint density at radius 2 is 2.44 bits per heavy atom. The topological polar surface area (TPSA) is 54.0 Å². The smallest absolute Gasteiger partial charge is 0.241 e. The first-order chi connectivity index (χ1) is 7.77. The van der Waals surface area contributed by atoms with Crippen molar-refractivity contribution in [1.82, 2.24) is 10.3 Å². The molecule has 1 amide bonds. The van der Waals surface area contributed by atoms with Gasteiger partial charge in [0, 0.05) is 6.20 Å². The third kappa shape index (κ3) is 2.58. The molecule has 0 aromatic carbocycles. The second-order valence-electron chi connectivity index (χ2n) is 4.18. The summed E-state index contributed by atoms with van der Waals surface area (Å²) in [5, 5.41) is 6.14. The van der Waals surface area contributed by atoms with Gasteiger partial charge in [-0.15, -0.1) is 0 Å². The first-order valence-corrected chi connectivity index (χ1v) is 5.72. The largest absolute Gasteiger partial charge is 0.323 e. The highest BCUT2D eigenvalue weighted by molar-refractivity contribution is 5.95. The van der Waals surface area contributed by atoms with Crippen LogP contribution in [0.4, 0.5) is 5.69 Å². The van der Waals surface area contributed by atoms with Crippen LogP contribution in [-0.2, 0) is 4.79 Å². The van der Waals surface area contributed by atoms with E-state index in [1.165, 1.54) is 0 Å². The van der Waals surface area contributed by atoms with E-state index in [2.05, 4.69) is 15.6 Å². The number of rotatable bonds is 2. The van der Waals surface area contributed by atoms with Crippen molar-refractivity contribution >= 4 is 11.6 Å². The lowest BCUT2D eigenvalue weighted by atomic mass is 10.0. The summed E-state index contributed by atoms with van der Waals surface area (Å²) < 4.78 is 0. The Bertz CT molecular complexity index is 372. The molecule has 0 bridgehead atoms. The minimum atomic E-state index is -0.0478. The summed E-state index contributed by atoms with van der Waals surface area (Å²) in [6.45, 7) is 2.90. The average Bonchev–Trinajstić information content (AvgIpc) is 2.33. The van der Waals surface area contributed by atoms with Crippen molar-refractivity contribution in [2.75, 3.05) is 11.9 Å². The van der Waals surface area contributed by atoms with Crippen LogP contribution in [0.15, 0.2) is 18.5 Å². The number of amides is 1. The highest BCUT2D eigenvalue weighted by Gasteiger charge is 2.20. The maximum atomic E-state index is 11.9. The van der Waals surface area contributed by atoms with E-state index in [1.807, 2.05) is 13.0 Å². The first kappa shape index (κ1) is 11.1. The number of nitrogens with one attached hydrogen (secondary N) is 2. The van der Waals surface area contributed by atoms with Crippen LogP contribution in [0, 0.1) is 6.92 Å². The highest BCUT2D eigenvalue weighted by atomic mass is 16.2. The van der Waals surface area contributed by atoms with Gasteiger partial charge in [0.1, 0.15) is 0 Å². The number of pyridine rings is 1. The molecule has 1 saturated heterocycles. The number of hydrogen-bond acceptors (Lipinski definition) is 3. The molecule has 4 heteroatoms. The van der Waals surface area contributed by atoms with Gasteiger partial charge in [-0.2, -0.15) is 0 Å². The van der Waals surface area contributed by atoms with Crippen molar-refractivity contribution in [3.8, 4) is 0 Å². The third-order valence-electron chi connectivity index (χ3n) is 2.92. The molecule has 1 aliphatic heterocycles. The fourth-order valence-electron chi connectivity index (χ4n) is 1.89. The standard InChI is InChI=1S/C12H17N3O/c1-9-5-7-13-8-11(9)15-12(16)10-4-2-3-6-14-10/h5,7-8,10,14H,2-4,6H2,1H3,(H,15,16)/t10-/m1/s1. The zero-order valence-electron chi connectivity index (χ0n) is 9.49. The van der Waals surface area contributed by atoms with Crippen molar-refractivity contribution < 1.29 is 4.79 Å². The van der Waals surface area contributed by atoms with Crippen LogP contribution in [-0.4, -0.2) is 23.5 Å². The Hall–Kier alpha value is -1.42. The molecule has 1 fully saturated rings. The third-order valence-corrected chi connectivity index (χ3v) is 2.92. The van der Waals surface area contributed by atoms with Crippen molar-refractivity contribution in [1.29, 1.82) is 0 Å². The van der Waals surface area contributed by atoms with Crippen molar-refractivity contribution in [3.63, 3.8) is 0 Å². The van der Waals surface area contributed by atoms with Crippen LogP contribution in [0.5, 0.6) is 0 Å². The fraction of sp³-hybridized carbons (Fsp3) is 0.500. The fourth-order valence-corrected chi connectivity index (χ4v) is 1.89. The summed E-state index contributed by atoms with van der Waals surface area (Å²) in [6.07, 6.45) is 6.62. The summed E-state index contributed by atoms with van der Waals surface area (Å²) in [6, 6.07) is 1.84. The molecule has 0 aliphatic carbocycles. The van der Waals surface area contributed by atoms with Crippen LogP contribution in [0.1, 0.15) is 24.8 Å². The van der Waals surface area contributed by atoms with E-state index in [-0.39, 0.29) is 11.9 Å². The van der Waals surface area contributed by atoms with Crippen LogP contribution in [0.25, 0.3) is 0 Å². The van der Waals surface area contributed by atoms with Gasteiger partial charge in [0.2, 0.25) is 5.91 Å². The molecule has 1 aromatic rings. The SMILES string of the molecule is Cc1ccncc1NC(=O)[C@H]1CCCCN1. The Kier molecular flexibility index (Phi) is 3.51. The van der Waals surface area contributed by atoms with Crippen LogP contribution >= 0.6 is 0 Å². The molecule has 0 saturated carbocycles. The van der Waals surface area contributed by atoms with Gasteiger partial charge in [-0.05, 0) is 37.9 Å². The summed E-state index contributed by atoms with van der Waals surface area (Å²) in [5.41, 5.74) is 1.85. The quantitative estimate of drug-likeness (QED) is 0.792. The molecule has 16 heavy (non-hydrogen) atoms. The monoisotopic (exact) mass is 219 g/mol. The van der Waals surface area contributed by atoms with Crippen LogP contribution in [0.2, 0.25) is 0 Å². The van der Waals surface area contributed by atoms with Gasteiger partial charge in [0.15, 0.2) is 0 Å². The molecule has 86 valence electrons. The minimum Gasteiger partial charge on any atom is -0.323 e. The average molecular weight is 219 g/mol. The Morgan fingerprint density at radius 3 is 3.12 bits per heavy atom. The van der Waals surface area contributed by atoms with E-state index in [0.29, 0.717) is 0 Å². The zero-order chi connectivity index (χ0) is 11.4. The van der Waals surface area contributed by atoms with Gasteiger partial charge < -0.3 is 10.6 Å². The van der Waals surface area contributed by atoms with Crippen LogP contribution in [0.3, 0.4) is 0 Å². The summed E-state index contributed by atoms with van der Waals surface area (Å²) in [4.78, 5) is 15.9. The molecule has 1 aromatic heterocycles. The maximum Gasteiger partial charge on any atom is 0.241 e. The molecule has 2 N–H and O–H groups in total. The number of carbonyl (C=O) groups is 1. The minimum absolute atomic E-state index is 0.0478. The predicted molar refractivity (Wildman–Crippen MR) is 63.2 cm³/mol. The van der Waals surface area contributed by atoms with Crippen LogP contribution < -0.4 is 10.6 Å². The Labute approximate surface area is 95.5 Å². The number of nitrogens with zero attached hydrogens (tertiary/aromatic N) is 1. The highest BCUT2D eigenvalue weighted by Crippen LogP contribution is 2.14. The molecular weight excluding hydrogens is 202 g/mol. The lowest BCUT2D eigenvalue weighted by Crippen LogP contribution is -2.43. The zero-order valence-corrected chi connectivity index (χ0v) is 9.49. The lowest BCUT2D eigenvalue weighted by molar-refractivity contribution is -0.118. The second kappa shape index (κ2) is 5.07. The van der Waals surface area contributed by atoms with Crippen molar-refractivity contribution in [2.24, 2.45) is 0 Å². The van der Waals surface area contributed by atoms with Crippen molar-refractivity contribution in [3.05, 3.63) is 24.0 Å². The van der Waals surface area contributed by atoms with E-state index in [9.17, 15) is 4.79 Å². The normalized spacial score (nSPS) is 20.4. The van der Waals surface area contributed by atoms with Gasteiger partial charge in [0.05, 0.1) is 17.9 Å². The number of hydrogen-bond donors (Lipinski definition) is 2. The summed E-state index contributed by atoms with van der Waals surface area (Å²) >= 11 is 0. The van der Waals surface area contributed by atoms with E-state index >= 15 is 0 Å². The second-order valence-corrected chi connectivity index (χ2v) is 4.18. The van der Waals surface area contributed by atoms with E-state index in [0.717, 1.165) is 37.1 Å². The molecule has 1 atom stereocenters. The Morgan fingerprint density at radius 1 is 1.56 bits per heavy atom. The molecule has 2 rings (SSSR count). The first-order valence-electron chi connectivity index (χ1n) is 5.72. The molecule has 4 nitrogen and oxygen atoms in total. The van der Waals surface area contributed by atoms with Gasteiger partial charge in [-0.1, -0.05) is 6.42 Å². The molecule has 0 unspecified atom stereocenters. The molecule has 0 radical (unpaired) electrons. The molecular formula is C12H17N3O. The number of carbonyl (C=O) groups excluding carboxylic acids is 1. The Balaban J connectivity index is 1.99. The summed E-state index contributed by atoms with van der Waals surface area (Å²) in [5.74, 6) is 0.0517.